The zero-order chi connectivity index (χ0) is 15.4. The maximum Gasteiger partial charge on any atom is 0.371 e. The molecule has 0 saturated carbocycles. The summed E-state index contributed by atoms with van der Waals surface area (Å²) in [5.41, 5.74) is 2.62. The van der Waals surface area contributed by atoms with E-state index in [2.05, 4.69) is 5.32 Å². The molecular weight excluding hydrogens is 294 g/mol. The summed E-state index contributed by atoms with van der Waals surface area (Å²) in [6.45, 7) is 2.63. The van der Waals surface area contributed by atoms with E-state index < -0.39 is 5.97 Å². The van der Waals surface area contributed by atoms with Crippen LogP contribution in [0.15, 0.2) is 28.7 Å². The number of aromatic carboxylic acids is 1. The van der Waals surface area contributed by atoms with E-state index >= 15 is 0 Å². The molecule has 0 saturated heterocycles. The minimum atomic E-state index is -1.07. The summed E-state index contributed by atoms with van der Waals surface area (Å²) in [4.78, 5) is 10.9. The highest BCUT2D eigenvalue weighted by Crippen LogP contribution is 2.23. The lowest BCUT2D eigenvalue weighted by Crippen LogP contribution is -2.03. The van der Waals surface area contributed by atoms with Gasteiger partial charge in [0.05, 0.1) is 6.61 Å². The fourth-order valence-electron chi connectivity index (χ4n) is 2.00. The number of halogens is 1. The van der Waals surface area contributed by atoms with Crippen molar-refractivity contribution in [2.75, 3.05) is 12.4 Å². The number of anilines is 1. The lowest BCUT2D eigenvalue weighted by Gasteiger charge is -2.11. The van der Waals surface area contributed by atoms with Gasteiger partial charge in [0.2, 0.25) is 5.76 Å². The highest BCUT2D eigenvalue weighted by Gasteiger charge is 2.13. The molecule has 0 amide bonds. The maximum absolute atomic E-state index is 10.9. The van der Waals surface area contributed by atoms with Gasteiger partial charge in [-0.25, -0.2) is 4.79 Å². The second kappa shape index (κ2) is 6.65. The summed E-state index contributed by atoms with van der Waals surface area (Å²) in [5.74, 6) is -0.546. The van der Waals surface area contributed by atoms with Crippen molar-refractivity contribution in [3.8, 4) is 0 Å². The van der Waals surface area contributed by atoms with E-state index in [0.717, 1.165) is 16.8 Å². The van der Waals surface area contributed by atoms with Crippen molar-refractivity contribution in [2.24, 2.45) is 0 Å². The number of benzene rings is 1. The zero-order valence-electron chi connectivity index (χ0n) is 11.8. The third kappa shape index (κ3) is 3.77. The van der Waals surface area contributed by atoms with Crippen molar-refractivity contribution in [1.29, 1.82) is 0 Å². The topological polar surface area (TPSA) is 71.7 Å². The molecule has 1 aromatic heterocycles. The number of carboxylic acids is 1. The van der Waals surface area contributed by atoms with Crippen molar-refractivity contribution < 1.29 is 19.1 Å². The number of carbonyl (C=O) groups is 1. The molecule has 0 unspecified atom stereocenters. The number of furan rings is 1. The van der Waals surface area contributed by atoms with Crippen molar-refractivity contribution >= 4 is 23.3 Å². The smallest absolute Gasteiger partial charge is 0.371 e. The van der Waals surface area contributed by atoms with Crippen LogP contribution in [-0.4, -0.2) is 18.2 Å². The molecule has 0 aliphatic rings. The largest absolute Gasteiger partial charge is 0.475 e. The number of ether oxygens (including phenoxy) is 1. The molecule has 2 aromatic rings. The predicted molar refractivity (Wildman–Crippen MR) is 79.9 cm³/mol. The molecule has 0 fully saturated rings. The molecule has 0 atom stereocenters. The highest BCUT2D eigenvalue weighted by molar-refractivity contribution is 6.30. The third-order valence-corrected chi connectivity index (χ3v) is 3.30. The predicted octanol–water partition coefficient (Wildman–Crippen LogP) is 3.70. The molecule has 0 aliphatic heterocycles. The Hall–Kier alpha value is -1.98. The molecule has 112 valence electrons. The van der Waals surface area contributed by atoms with Crippen LogP contribution in [0, 0.1) is 6.92 Å². The van der Waals surface area contributed by atoms with E-state index in [-0.39, 0.29) is 5.76 Å². The molecular formula is C15H16ClNO4. The minimum Gasteiger partial charge on any atom is -0.475 e. The van der Waals surface area contributed by atoms with Crippen LogP contribution in [0.3, 0.4) is 0 Å². The summed E-state index contributed by atoms with van der Waals surface area (Å²) in [6.07, 6.45) is 0. The Bertz CT molecular complexity index is 651. The van der Waals surface area contributed by atoms with Gasteiger partial charge in [-0.3, -0.25) is 0 Å². The average molecular weight is 310 g/mol. The molecule has 0 bridgehead atoms. The van der Waals surface area contributed by atoms with Gasteiger partial charge < -0.3 is 19.6 Å². The second-order valence-electron chi connectivity index (χ2n) is 4.59. The number of hydrogen-bond donors (Lipinski definition) is 2. The normalized spacial score (nSPS) is 10.6. The monoisotopic (exact) mass is 309 g/mol. The van der Waals surface area contributed by atoms with Gasteiger partial charge in [0.15, 0.2) is 0 Å². The van der Waals surface area contributed by atoms with E-state index in [1.54, 1.807) is 20.1 Å². The molecule has 1 heterocycles. The molecule has 0 aliphatic carbocycles. The lowest BCUT2D eigenvalue weighted by atomic mass is 10.1. The summed E-state index contributed by atoms with van der Waals surface area (Å²) in [5, 5.41) is 12.8. The first-order valence-corrected chi connectivity index (χ1v) is 6.73. The van der Waals surface area contributed by atoms with Gasteiger partial charge in [0.1, 0.15) is 5.76 Å². The number of rotatable bonds is 6. The van der Waals surface area contributed by atoms with E-state index in [0.29, 0.717) is 23.9 Å². The van der Waals surface area contributed by atoms with Crippen LogP contribution in [0.1, 0.15) is 27.4 Å². The molecule has 2 rings (SSSR count). The van der Waals surface area contributed by atoms with Crippen LogP contribution in [0.4, 0.5) is 5.69 Å². The van der Waals surface area contributed by atoms with Crippen LogP contribution in [0.2, 0.25) is 5.02 Å². The average Bonchev–Trinajstić information content (AvgIpc) is 2.80. The van der Waals surface area contributed by atoms with Crippen molar-refractivity contribution in [1.82, 2.24) is 0 Å². The number of methoxy groups -OCH3 is 1. The number of nitrogens with one attached hydrogen (secondary N) is 1. The Kier molecular flexibility index (Phi) is 4.88. The van der Waals surface area contributed by atoms with E-state index in [1.807, 2.05) is 12.1 Å². The SMILES string of the molecule is COCc1cc(Cl)ccc1NCc1cc(C(=O)O)oc1C. The minimum absolute atomic E-state index is 0.0579. The van der Waals surface area contributed by atoms with Gasteiger partial charge >= 0.3 is 5.97 Å². The Balaban J connectivity index is 2.14. The Morgan fingerprint density at radius 1 is 1.38 bits per heavy atom. The Morgan fingerprint density at radius 2 is 2.14 bits per heavy atom. The van der Waals surface area contributed by atoms with Crippen LogP contribution in [0.5, 0.6) is 0 Å². The van der Waals surface area contributed by atoms with E-state index in [9.17, 15) is 4.79 Å². The van der Waals surface area contributed by atoms with Crippen LogP contribution < -0.4 is 5.32 Å². The Morgan fingerprint density at radius 3 is 2.76 bits per heavy atom. The van der Waals surface area contributed by atoms with Crippen LogP contribution >= 0.6 is 11.6 Å². The van der Waals surface area contributed by atoms with Gasteiger partial charge in [-0.15, -0.1) is 0 Å². The fourth-order valence-corrected chi connectivity index (χ4v) is 2.20. The van der Waals surface area contributed by atoms with Crippen LogP contribution in [0.25, 0.3) is 0 Å². The van der Waals surface area contributed by atoms with Crippen molar-refractivity contribution in [3.05, 3.63) is 51.9 Å². The second-order valence-corrected chi connectivity index (χ2v) is 5.02. The van der Waals surface area contributed by atoms with Gasteiger partial charge in [-0.1, -0.05) is 11.6 Å². The lowest BCUT2D eigenvalue weighted by molar-refractivity contribution is 0.0661. The first-order valence-electron chi connectivity index (χ1n) is 6.35. The first-order chi connectivity index (χ1) is 10.0. The third-order valence-electron chi connectivity index (χ3n) is 3.07. The van der Waals surface area contributed by atoms with Gasteiger partial charge in [0, 0.05) is 35.5 Å². The molecule has 6 heteroatoms. The van der Waals surface area contributed by atoms with E-state index in [4.69, 9.17) is 25.9 Å². The fraction of sp³-hybridized carbons (Fsp3) is 0.267. The number of aryl methyl sites for hydroxylation is 1. The number of carboxylic acid groups (broad SMARTS) is 1. The highest BCUT2D eigenvalue weighted by atomic mass is 35.5. The molecule has 0 spiro atoms. The first kappa shape index (κ1) is 15.4. The van der Waals surface area contributed by atoms with Crippen molar-refractivity contribution in [2.45, 2.75) is 20.1 Å². The van der Waals surface area contributed by atoms with Gasteiger partial charge in [0.25, 0.3) is 0 Å². The molecule has 0 radical (unpaired) electrons. The van der Waals surface area contributed by atoms with Crippen molar-refractivity contribution in [3.63, 3.8) is 0 Å². The van der Waals surface area contributed by atoms with Gasteiger partial charge in [-0.2, -0.15) is 0 Å². The standard InChI is InChI=1S/C15H16ClNO4/c1-9-10(6-14(21-9)15(18)19)7-17-13-4-3-12(16)5-11(13)8-20-2/h3-6,17H,7-8H2,1-2H3,(H,18,19). The molecule has 1 aromatic carbocycles. The number of hydrogen-bond acceptors (Lipinski definition) is 4. The summed E-state index contributed by atoms with van der Waals surface area (Å²) in [6, 6.07) is 7.01. The molecule has 21 heavy (non-hydrogen) atoms. The van der Waals surface area contributed by atoms with Gasteiger partial charge in [-0.05, 0) is 31.2 Å². The summed E-state index contributed by atoms with van der Waals surface area (Å²) >= 11 is 5.97. The summed E-state index contributed by atoms with van der Waals surface area (Å²) in [7, 11) is 1.62. The van der Waals surface area contributed by atoms with Crippen LogP contribution in [-0.2, 0) is 17.9 Å². The zero-order valence-corrected chi connectivity index (χ0v) is 12.5. The molecule has 5 nitrogen and oxygen atoms in total. The Labute approximate surface area is 127 Å². The maximum atomic E-state index is 10.9. The quantitative estimate of drug-likeness (QED) is 0.851. The molecule has 2 N–H and O–H groups in total. The summed E-state index contributed by atoms with van der Waals surface area (Å²) < 4.78 is 10.3. The van der Waals surface area contributed by atoms with E-state index in [1.165, 1.54) is 6.07 Å².